The highest BCUT2D eigenvalue weighted by Crippen LogP contribution is 2.29. The second-order valence-electron chi connectivity index (χ2n) is 11.5. The van der Waals surface area contributed by atoms with Crippen LogP contribution in [0.2, 0.25) is 0 Å². The summed E-state index contributed by atoms with van der Waals surface area (Å²) in [7, 11) is 0. The van der Waals surface area contributed by atoms with E-state index in [-0.39, 0.29) is 0 Å². The van der Waals surface area contributed by atoms with E-state index < -0.39 is 0 Å². The summed E-state index contributed by atoms with van der Waals surface area (Å²) in [5.74, 6) is 0. The molecule has 0 fully saturated rings. The quantitative estimate of drug-likeness (QED) is 0.139. The zero-order valence-electron chi connectivity index (χ0n) is 27.4. The first-order chi connectivity index (χ1) is 21.6. The van der Waals surface area contributed by atoms with Crippen molar-refractivity contribution in [3.63, 3.8) is 0 Å². The first-order valence-corrected chi connectivity index (χ1v) is 16.6. The van der Waals surface area contributed by atoms with Crippen LogP contribution in [0.15, 0.2) is 72.8 Å². The minimum atomic E-state index is 0.680. The van der Waals surface area contributed by atoms with Gasteiger partial charge in [-0.3, -0.25) is 0 Å². The molecule has 4 heteroatoms. The molecule has 0 radical (unpaired) electrons. The second-order valence-corrected chi connectivity index (χ2v) is 11.5. The lowest BCUT2D eigenvalue weighted by atomic mass is 10.0. The monoisotopic (exact) mass is 586 g/mol. The molecule has 0 heterocycles. The molecule has 0 aliphatic rings. The van der Waals surface area contributed by atoms with Gasteiger partial charge in [0.2, 0.25) is 0 Å². The highest BCUT2D eigenvalue weighted by Gasteiger charge is 2.15. The number of nitrogens with zero attached hydrogens (tertiary/aromatic N) is 4. The molecular formula is C40H50N4. The average molecular weight is 587 g/mol. The molecule has 0 unspecified atom stereocenters. The molecule has 0 saturated carbocycles. The van der Waals surface area contributed by atoms with Gasteiger partial charge >= 0.3 is 0 Å². The highest BCUT2D eigenvalue weighted by atomic mass is 15.1. The van der Waals surface area contributed by atoms with E-state index in [4.69, 9.17) is 0 Å². The van der Waals surface area contributed by atoms with Crippen molar-refractivity contribution in [3.05, 3.63) is 106 Å². The Hall–Kier alpha value is -4.28. The summed E-state index contributed by atoms with van der Waals surface area (Å²) in [5.41, 5.74) is 8.44. The van der Waals surface area contributed by atoms with E-state index in [0.717, 1.165) is 88.7 Å². The van der Waals surface area contributed by atoms with E-state index in [1.807, 2.05) is 48.5 Å². The average Bonchev–Trinajstić information content (AvgIpc) is 3.07. The fraction of sp³-hybridized carbons (Fsp3) is 0.400. The van der Waals surface area contributed by atoms with E-state index in [2.05, 4.69) is 86.1 Å². The Kier molecular flexibility index (Phi) is 14.8. The van der Waals surface area contributed by atoms with E-state index in [1.165, 1.54) is 22.5 Å². The van der Waals surface area contributed by atoms with Crippen molar-refractivity contribution in [2.75, 3.05) is 26.2 Å². The fourth-order valence-corrected chi connectivity index (χ4v) is 5.25. The summed E-state index contributed by atoms with van der Waals surface area (Å²) in [6.07, 6.45) is 13.8. The Morgan fingerprint density at radius 1 is 0.500 bits per heavy atom. The molecule has 4 nitrogen and oxygen atoms in total. The fourth-order valence-electron chi connectivity index (χ4n) is 5.25. The van der Waals surface area contributed by atoms with Crippen molar-refractivity contribution in [2.45, 2.75) is 79.1 Å². The Morgan fingerprint density at radius 3 is 1.05 bits per heavy atom. The molecule has 0 spiro atoms. The van der Waals surface area contributed by atoms with Crippen LogP contribution in [0.5, 0.6) is 0 Å². The van der Waals surface area contributed by atoms with Crippen molar-refractivity contribution in [1.29, 1.82) is 10.5 Å². The number of hydrogen-bond donors (Lipinski definition) is 0. The number of hydrogen-bond acceptors (Lipinski definition) is 4. The van der Waals surface area contributed by atoms with Crippen molar-refractivity contribution >= 4 is 23.5 Å². The molecule has 0 aliphatic carbocycles. The third-order valence-corrected chi connectivity index (χ3v) is 7.97. The molecule has 0 atom stereocenters. The van der Waals surface area contributed by atoms with Crippen LogP contribution in [0.1, 0.15) is 112 Å². The molecule has 3 rings (SSSR count). The van der Waals surface area contributed by atoms with Crippen molar-refractivity contribution in [3.8, 4) is 12.1 Å². The van der Waals surface area contributed by atoms with Crippen LogP contribution in [0.4, 0.5) is 0 Å². The van der Waals surface area contributed by atoms with Crippen molar-refractivity contribution in [2.24, 2.45) is 0 Å². The van der Waals surface area contributed by atoms with E-state index in [0.29, 0.717) is 11.1 Å². The van der Waals surface area contributed by atoms with Gasteiger partial charge in [-0.25, -0.2) is 0 Å². The first kappa shape index (κ1) is 34.2. The summed E-state index contributed by atoms with van der Waals surface area (Å²) in [6.45, 7) is 13.1. The minimum Gasteiger partial charge on any atom is -0.371 e. The van der Waals surface area contributed by atoms with Crippen LogP contribution < -0.4 is 0 Å². The number of rotatable bonds is 18. The Bertz CT molecular complexity index is 1270. The molecule has 3 aromatic carbocycles. The lowest BCUT2D eigenvalue weighted by molar-refractivity contribution is 0.380. The van der Waals surface area contributed by atoms with Gasteiger partial charge in [0.15, 0.2) is 0 Å². The Balaban J connectivity index is 2.09. The number of benzene rings is 3. The maximum absolute atomic E-state index is 9.30. The smallest absolute Gasteiger partial charge is 0.0991 e. The molecule has 230 valence electrons. The van der Waals surface area contributed by atoms with Crippen LogP contribution in [0.3, 0.4) is 0 Å². The van der Waals surface area contributed by atoms with Crippen LogP contribution in [0.25, 0.3) is 23.5 Å². The molecule has 0 aromatic heterocycles. The van der Waals surface area contributed by atoms with Crippen LogP contribution in [0, 0.1) is 22.7 Å². The van der Waals surface area contributed by atoms with Gasteiger partial charge in [-0.1, -0.05) is 102 Å². The van der Waals surface area contributed by atoms with Crippen molar-refractivity contribution < 1.29 is 0 Å². The van der Waals surface area contributed by atoms with Gasteiger partial charge in [-0.15, -0.1) is 0 Å². The second kappa shape index (κ2) is 19.1. The molecule has 3 aromatic rings. The predicted molar refractivity (Wildman–Crippen MR) is 187 cm³/mol. The van der Waals surface area contributed by atoms with Gasteiger partial charge in [0, 0.05) is 37.6 Å². The Labute approximate surface area is 266 Å². The topological polar surface area (TPSA) is 54.1 Å². The molecular weight excluding hydrogens is 536 g/mol. The first-order valence-electron chi connectivity index (χ1n) is 16.6. The molecule has 0 bridgehead atoms. The third kappa shape index (κ3) is 10.5. The lowest BCUT2D eigenvalue weighted by Gasteiger charge is -2.30. The van der Waals surface area contributed by atoms with E-state index in [1.54, 1.807) is 0 Å². The van der Waals surface area contributed by atoms with Gasteiger partial charge in [0.1, 0.15) is 0 Å². The van der Waals surface area contributed by atoms with Crippen LogP contribution >= 0.6 is 0 Å². The molecule has 0 N–H and O–H groups in total. The third-order valence-electron chi connectivity index (χ3n) is 7.97. The zero-order chi connectivity index (χ0) is 31.6. The molecule has 0 saturated heterocycles. The minimum absolute atomic E-state index is 0.680. The number of nitriles is 2. The zero-order valence-corrected chi connectivity index (χ0v) is 27.4. The maximum atomic E-state index is 9.30. The van der Waals surface area contributed by atoms with Crippen LogP contribution in [-0.2, 0) is 0 Å². The van der Waals surface area contributed by atoms with Crippen LogP contribution in [-0.4, -0.2) is 36.0 Å². The van der Waals surface area contributed by atoms with E-state index in [9.17, 15) is 10.5 Å². The SMILES string of the molecule is CCCCN(CCCC)C(=Cc1ccc(C#N)cc1)c1ccc(C(=Cc2ccc(C#N)cc2)N(CCCC)CCCC)cc1. The van der Waals surface area contributed by atoms with Gasteiger partial charge in [0.05, 0.1) is 23.3 Å². The van der Waals surface area contributed by atoms with E-state index >= 15 is 0 Å². The summed E-state index contributed by atoms with van der Waals surface area (Å²) in [5, 5.41) is 18.6. The lowest BCUT2D eigenvalue weighted by Crippen LogP contribution is -2.25. The Morgan fingerprint density at radius 2 is 0.795 bits per heavy atom. The predicted octanol–water partition coefficient (Wildman–Crippen LogP) is 10.2. The normalized spacial score (nSPS) is 11.6. The molecule has 0 aliphatic heterocycles. The summed E-state index contributed by atoms with van der Waals surface area (Å²) >= 11 is 0. The van der Waals surface area contributed by atoms with Gasteiger partial charge < -0.3 is 9.80 Å². The molecule has 0 amide bonds. The summed E-state index contributed by atoms with van der Waals surface area (Å²) in [6, 6.07) is 29.4. The van der Waals surface area contributed by atoms with Crippen molar-refractivity contribution in [1.82, 2.24) is 9.80 Å². The maximum Gasteiger partial charge on any atom is 0.0991 e. The summed E-state index contributed by atoms with van der Waals surface area (Å²) < 4.78 is 0. The largest absolute Gasteiger partial charge is 0.371 e. The van der Waals surface area contributed by atoms with Gasteiger partial charge in [0.25, 0.3) is 0 Å². The number of unbranched alkanes of at least 4 members (excludes halogenated alkanes) is 4. The van der Waals surface area contributed by atoms with Gasteiger partial charge in [-0.2, -0.15) is 10.5 Å². The standard InChI is InChI=1S/C40H50N4/c1-5-9-25-43(26-10-6-2)39(29-33-13-17-35(31-41)18-14-33)37-21-23-38(24-22-37)40(44(27-11-7-3)28-12-8-4)30-34-15-19-36(32-42)20-16-34/h13-24,29-30H,5-12,25-28H2,1-4H3. The summed E-state index contributed by atoms with van der Waals surface area (Å²) in [4.78, 5) is 5.09. The highest BCUT2D eigenvalue weighted by molar-refractivity contribution is 5.84. The van der Waals surface area contributed by atoms with Gasteiger partial charge in [-0.05, 0) is 84.4 Å². The molecule has 44 heavy (non-hydrogen) atoms.